The van der Waals surface area contributed by atoms with Crippen molar-refractivity contribution in [3.8, 4) is 33.8 Å². The largest absolute Gasteiger partial charge is 0.352 e. The zero-order valence-corrected chi connectivity index (χ0v) is 25.1. The van der Waals surface area contributed by atoms with Crippen LogP contribution in [-0.2, 0) is 16.6 Å². The van der Waals surface area contributed by atoms with Gasteiger partial charge in [0.1, 0.15) is 11.5 Å². The normalized spacial score (nSPS) is 11.7. The van der Waals surface area contributed by atoms with Crippen molar-refractivity contribution in [1.29, 1.82) is 0 Å². The minimum atomic E-state index is -3.45. The van der Waals surface area contributed by atoms with Gasteiger partial charge >= 0.3 is 0 Å². The molecule has 7 aromatic rings. The second-order valence-corrected chi connectivity index (χ2v) is 12.6. The summed E-state index contributed by atoms with van der Waals surface area (Å²) in [6, 6.07) is 19.0. The number of rotatable bonds is 8. The summed E-state index contributed by atoms with van der Waals surface area (Å²) in [5.74, 6) is -0.736. The molecule has 0 bridgehead atoms. The van der Waals surface area contributed by atoms with E-state index >= 15 is 0 Å². The van der Waals surface area contributed by atoms with Crippen LogP contribution in [0.1, 0.15) is 15.9 Å². The number of fused-ring (bicyclic) bond motifs is 2. The minimum Gasteiger partial charge on any atom is -0.352 e. The van der Waals surface area contributed by atoms with Gasteiger partial charge in [-0.3, -0.25) is 24.8 Å². The fourth-order valence-corrected chi connectivity index (χ4v) is 5.68. The molecule has 0 atom stereocenters. The van der Waals surface area contributed by atoms with Crippen molar-refractivity contribution in [3.05, 3.63) is 115 Å². The summed E-state index contributed by atoms with van der Waals surface area (Å²) in [5.41, 5.74) is 6.87. The van der Waals surface area contributed by atoms with Crippen LogP contribution in [0.15, 0.2) is 97.7 Å². The van der Waals surface area contributed by atoms with E-state index in [1.807, 2.05) is 18.2 Å². The highest BCUT2D eigenvalue weighted by atomic mass is 32.2. The molecule has 0 unspecified atom stereocenters. The van der Waals surface area contributed by atoms with Crippen LogP contribution < -0.4 is 10.0 Å². The lowest BCUT2D eigenvalue weighted by atomic mass is 10.0. The highest BCUT2D eigenvalue weighted by Gasteiger charge is 2.17. The molecule has 13 heteroatoms. The zero-order valence-electron chi connectivity index (χ0n) is 24.2. The number of amides is 1. The number of aromatic nitrogens is 6. The van der Waals surface area contributed by atoms with Crippen molar-refractivity contribution in [2.24, 2.45) is 0 Å². The number of hydrogen-bond acceptors (Lipinski definition) is 7. The van der Waals surface area contributed by atoms with Gasteiger partial charge in [0.25, 0.3) is 5.91 Å². The summed E-state index contributed by atoms with van der Waals surface area (Å²) >= 11 is 0. The number of sulfonamides is 1. The third kappa shape index (κ3) is 5.96. The first-order valence-corrected chi connectivity index (χ1v) is 16.0. The van der Waals surface area contributed by atoms with Crippen LogP contribution in [0.5, 0.6) is 0 Å². The predicted molar refractivity (Wildman–Crippen MR) is 174 cm³/mol. The SMILES string of the molecule is CS(=O)(=O)NCc1cc(F)cc(-c2cncc3[nH]c(-c4n[nH]c5cnc(-c6cncc(NC(=O)c7ccccc7)c6)cc45)cc23)c1. The first kappa shape index (κ1) is 29.0. The van der Waals surface area contributed by atoms with Crippen molar-refractivity contribution in [2.45, 2.75) is 6.54 Å². The molecular formula is C33H25FN8O3S. The molecule has 5 aromatic heterocycles. The van der Waals surface area contributed by atoms with Crippen LogP contribution >= 0.6 is 0 Å². The molecule has 0 spiro atoms. The van der Waals surface area contributed by atoms with Gasteiger partial charge in [-0.1, -0.05) is 18.2 Å². The number of nitrogens with one attached hydrogen (secondary N) is 4. The number of pyridine rings is 3. The van der Waals surface area contributed by atoms with E-state index in [9.17, 15) is 17.6 Å². The lowest BCUT2D eigenvalue weighted by Gasteiger charge is -2.08. The van der Waals surface area contributed by atoms with Crippen LogP contribution in [0.3, 0.4) is 0 Å². The molecule has 46 heavy (non-hydrogen) atoms. The summed E-state index contributed by atoms with van der Waals surface area (Å²) in [4.78, 5) is 29.3. The average molecular weight is 633 g/mol. The van der Waals surface area contributed by atoms with Gasteiger partial charge in [-0.25, -0.2) is 17.5 Å². The van der Waals surface area contributed by atoms with E-state index in [-0.39, 0.29) is 12.5 Å². The fourth-order valence-electron chi connectivity index (χ4n) is 5.25. The highest BCUT2D eigenvalue weighted by molar-refractivity contribution is 7.88. The van der Waals surface area contributed by atoms with Gasteiger partial charge < -0.3 is 10.3 Å². The second-order valence-electron chi connectivity index (χ2n) is 10.7. The topological polar surface area (TPSA) is 158 Å². The number of nitrogens with zero attached hydrogens (tertiary/aromatic N) is 4. The first-order valence-electron chi connectivity index (χ1n) is 14.1. The molecular weight excluding hydrogens is 607 g/mol. The Morgan fingerprint density at radius 3 is 2.52 bits per heavy atom. The van der Waals surface area contributed by atoms with Crippen molar-refractivity contribution in [2.75, 3.05) is 11.6 Å². The Balaban J connectivity index is 1.22. The number of aromatic amines is 2. The molecule has 228 valence electrons. The molecule has 0 saturated carbocycles. The molecule has 0 fully saturated rings. The summed E-state index contributed by atoms with van der Waals surface area (Å²) < 4.78 is 40.2. The summed E-state index contributed by atoms with van der Waals surface area (Å²) in [5, 5.41) is 12.0. The van der Waals surface area contributed by atoms with E-state index in [1.165, 1.54) is 12.1 Å². The maximum atomic E-state index is 14.6. The number of halogens is 1. The third-order valence-corrected chi connectivity index (χ3v) is 8.05. The fraction of sp³-hybridized carbons (Fsp3) is 0.0606. The molecule has 0 saturated heterocycles. The Kier molecular flexibility index (Phi) is 7.31. The molecule has 0 aliphatic heterocycles. The summed E-state index contributed by atoms with van der Waals surface area (Å²) in [6.07, 6.45) is 9.31. The molecule has 7 rings (SSSR count). The van der Waals surface area contributed by atoms with Gasteiger partial charge in [-0.15, -0.1) is 0 Å². The predicted octanol–water partition coefficient (Wildman–Crippen LogP) is 5.67. The van der Waals surface area contributed by atoms with Gasteiger partial charge in [0.2, 0.25) is 10.0 Å². The van der Waals surface area contributed by atoms with Crippen LogP contribution in [0.4, 0.5) is 10.1 Å². The molecule has 1 amide bonds. The van der Waals surface area contributed by atoms with Gasteiger partial charge in [-0.2, -0.15) is 5.10 Å². The smallest absolute Gasteiger partial charge is 0.255 e. The van der Waals surface area contributed by atoms with E-state index in [0.29, 0.717) is 61.6 Å². The van der Waals surface area contributed by atoms with Crippen LogP contribution in [0.25, 0.3) is 55.6 Å². The Hall–Kier alpha value is -5.79. The number of anilines is 1. The number of hydrogen-bond donors (Lipinski definition) is 4. The first-order chi connectivity index (χ1) is 22.2. The molecule has 0 radical (unpaired) electrons. The van der Waals surface area contributed by atoms with Crippen LogP contribution in [0.2, 0.25) is 0 Å². The van der Waals surface area contributed by atoms with E-state index in [1.54, 1.807) is 67.4 Å². The highest BCUT2D eigenvalue weighted by Crippen LogP contribution is 2.35. The van der Waals surface area contributed by atoms with E-state index in [4.69, 9.17) is 0 Å². The molecule has 5 heterocycles. The lowest BCUT2D eigenvalue weighted by molar-refractivity contribution is 0.102. The molecule has 4 N–H and O–H groups in total. The van der Waals surface area contributed by atoms with Gasteiger partial charge in [0.05, 0.1) is 53.0 Å². The van der Waals surface area contributed by atoms with Crippen molar-refractivity contribution in [1.82, 2.24) is 34.9 Å². The summed E-state index contributed by atoms with van der Waals surface area (Å²) in [6.45, 7) is -0.0428. The van der Waals surface area contributed by atoms with Gasteiger partial charge in [-0.05, 0) is 59.7 Å². The monoisotopic (exact) mass is 632 g/mol. The van der Waals surface area contributed by atoms with Gasteiger partial charge in [0, 0.05) is 46.4 Å². The van der Waals surface area contributed by atoms with Crippen molar-refractivity contribution < 1.29 is 17.6 Å². The van der Waals surface area contributed by atoms with Crippen LogP contribution in [-0.4, -0.2) is 50.7 Å². The lowest BCUT2D eigenvalue weighted by Crippen LogP contribution is -2.21. The summed E-state index contributed by atoms with van der Waals surface area (Å²) in [7, 11) is -3.45. The number of H-pyrrole nitrogens is 2. The molecule has 11 nitrogen and oxygen atoms in total. The zero-order chi connectivity index (χ0) is 31.8. The van der Waals surface area contributed by atoms with E-state index < -0.39 is 15.8 Å². The van der Waals surface area contributed by atoms with E-state index in [2.05, 4.69) is 40.2 Å². The third-order valence-electron chi connectivity index (χ3n) is 7.38. The number of carbonyl (C=O) groups is 1. The maximum Gasteiger partial charge on any atom is 0.255 e. The second kappa shape index (κ2) is 11.6. The quantitative estimate of drug-likeness (QED) is 0.168. The Labute approximate surface area is 262 Å². The number of benzene rings is 2. The molecule has 2 aromatic carbocycles. The Morgan fingerprint density at radius 1 is 0.870 bits per heavy atom. The Morgan fingerprint density at radius 2 is 1.70 bits per heavy atom. The average Bonchev–Trinajstić information content (AvgIpc) is 3.68. The number of carbonyl (C=O) groups excluding carboxylic acids is 1. The van der Waals surface area contributed by atoms with Crippen molar-refractivity contribution in [3.63, 3.8) is 0 Å². The van der Waals surface area contributed by atoms with Gasteiger partial charge in [0.15, 0.2) is 0 Å². The molecule has 0 aliphatic rings. The van der Waals surface area contributed by atoms with Crippen molar-refractivity contribution >= 4 is 43.4 Å². The Bertz CT molecular complexity index is 2370. The molecule has 0 aliphatic carbocycles. The van der Waals surface area contributed by atoms with Crippen LogP contribution in [0, 0.1) is 5.82 Å². The van der Waals surface area contributed by atoms with E-state index in [0.717, 1.165) is 17.0 Å². The standard InChI is InChI=1S/C33H25FN8O3S/c1-46(44,45)38-13-19-7-21(9-23(34)8-19)27-16-36-17-30-25(27)11-29(40-30)32-26-12-28(37-18-31(26)41-42-32)22-10-24(15-35-14-22)39-33(43)20-5-3-2-4-6-20/h2-12,14-18,38,40H,13H2,1H3,(H,39,43)(H,41,42). The minimum absolute atomic E-state index is 0.0428. The maximum absolute atomic E-state index is 14.6.